The molecule has 3 rings (SSSR count). The highest BCUT2D eigenvalue weighted by atomic mass is 35.5. The fourth-order valence-electron chi connectivity index (χ4n) is 4.96. The number of nitrogens with one attached hydrogen (secondary N) is 1. The van der Waals surface area contributed by atoms with Crippen molar-refractivity contribution in [2.24, 2.45) is 5.92 Å². The lowest BCUT2D eigenvalue weighted by Gasteiger charge is -2.52. The molecule has 10 heteroatoms. The van der Waals surface area contributed by atoms with E-state index < -0.39 is 21.6 Å². The molecule has 2 fully saturated rings. The molecule has 0 saturated carbocycles. The number of sulfonamides is 1. The molecule has 0 radical (unpaired) electrons. The van der Waals surface area contributed by atoms with Gasteiger partial charge in [0.2, 0.25) is 21.8 Å². The van der Waals surface area contributed by atoms with Gasteiger partial charge in [0.05, 0.1) is 4.90 Å². The molecule has 35 heavy (non-hydrogen) atoms. The van der Waals surface area contributed by atoms with Crippen molar-refractivity contribution in [3.63, 3.8) is 0 Å². The van der Waals surface area contributed by atoms with Gasteiger partial charge in [-0.1, -0.05) is 39.3 Å². The number of unbranched alkanes of at least 4 members (excludes halogenated alkanes) is 1. The van der Waals surface area contributed by atoms with E-state index in [9.17, 15) is 18.0 Å². The first kappa shape index (κ1) is 29.5. The molecule has 198 valence electrons. The highest BCUT2D eigenvalue weighted by Gasteiger charge is 2.53. The van der Waals surface area contributed by atoms with Crippen LogP contribution in [0.1, 0.15) is 58.4 Å². The Morgan fingerprint density at radius 2 is 1.71 bits per heavy atom. The average molecular weight is 529 g/mol. The van der Waals surface area contributed by atoms with Crippen LogP contribution in [0.5, 0.6) is 0 Å². The van der Waals surface area contributed by atoms with E-state index in [0.29, 0.717) is 51.4 Å². The molecular weight excluding hydrogens is 488 g/mol. The van der Waals surface area contributed by atoms with Gasteiger partial charge < -0.3 is 10.2 Å². The fraction of sp³-hybridized carbons (Fsp3) is 0.680. The van der Waals surface area contributed by atoms with Gasteiger partial charge in [-0.05, 0) is 49.3 Å². The van der Waals surface area contributed by atoms with Crippen LogP contribution in [0.4, 0.5) is 0 Å². The van der Waals surface area contributed by atoms with E-state index in [1.54, 1.807) is 12.1 Å². The number of piperidine rings is 1. The molecule has 0 aliphatic carbocycles. The van der Waals surface area contributed by atoms with Gasteiger partial charge in [-0.3, -0.25) is 14.5 Å². The van der Waals surface area contributed by atoms with E-state index >= 15 is 0 Å². The van der Waals surface area contributed by atoms with E-state index in [2.05, 4.69) is 31.0 Å². The number of rotatable bonds is 9. The molecular formula is C25H41ClN4O4S. The number of carbonyl (C=O) groups excluding carboxylic acids is 2. The number of nitrogens with zero attached hydrogens (tertiary/aromatic N) is 3. The Kier molecular flexibility index (Phi) is 10.2. The zero-order valence-electron chi connectivity index (χ0n) is 21.6. The monoisotopic (exact) mass is 528 g/mol. The van der Waals surface area contributed by atoms with Crippen LogP contribution in [-0.4, -0.2) is 79.6 Å². The smallest absolute Gasteiger partial charge is 0.246 e. The van der Waals surface area contributed by atoms with Gasteiger partial charge in [-0.25, -0.2) is 12.7 Å². The zero-order chi connectivity index (χ0) is 25.1. The van der Waals surface area contributed by atoms with Crippen molar-refractivity contribution in [2.75, 3.05) is 33.7 Å². The van der Waals surface area contributed by atoms with E-state index in [4.69, 9.17) is 0 Å². The third kappa shape index (κ3) is 6.37. The number of amides is 2. The van der Waals surface area contributed by atoms with Crippen molar-refractivity contribution >= 4 is 34.2 Å². The van der Waals surface area contributed by atoms with Crippen molar-refractivity contribution in [1.29, 1.82) is 0 Å². The largest absolute Gasteiger partial charge is 0.342 e. The van der Waals surface area contributed by atoms with Gasteiger partial charge >= 0.3 is 0 Å². The van der Waals surface area contributed by atoms with Crippen LogP contribution in [0, 0.1) is 5.92 Å². The van der Waals surface area contributed by atoms with E-state index in [0.717, 1.165) is 18.4 Å². The Balaban J connectivity index is 0.00000432. The molecule has 1 aromatic carbocycles. The van der Waals surface area contributed by atoms with Crippen LogP contribution >= 0.6 is 12.4 Å². The maximum Gasteiger partial charge on any atom is 0.246 e. The molecule has 1 aromatic rings. The topological polar surface area (TPSA) is 90.0 Å². The summed E-state index contributed by atoms with van der Waals surface area (Å²) in [5, 5.41) is 3.05. The number of hydrogen-bond acceptors (Lipinski definition) is 5. The Hall–Kier alpha value is -1.68. The van der Waals surface area contributed by atoms with Gasteiger partial charge in [0.25, 0.3) is 0 Å². The first-order valence-electron chi connectivity index (χ1n) is 12.4. The number of likely N-dealkylation sites (tertiary alicyclic amines) is 1. The van der Waals surface area contributed by atoms with Crippen molar-refractivity contribution in [2.45, 2.75) is 75.9 Å². The molecule has 0 aromatic heterocycles. The fourth-order valence-corrected chi connectivity index (χ4v) is 5.86. The van der Waals surface area contributed by atoms with E-state index in [1.165, 1.54) is 18.4 Å². The molecule has 1 atom stereocenters. The lowest BCUT2D eigenvalue weighted by Crippen LogP contribution is -2.73. The minimum atomic E-state index is -3.45. The molecule has 2 aliphatic heterocycles. The summed E-state index contributed by atoms with van der Waals surface area (Å²) in [6, 6.07) is 6.56. The summed E-state index contributed by atoms with van der Waals surface area (Å²) in [5.74, 6) is 0.386. The summed E-state index contributed by atoms with van der Waals surface area (Å²) in [7, 11) is -0.402. The Bertz CT molecular complexity index is 974. The second-order valence-corrected chi connectivity index (χ2v) is 12.4. The van der Waals surface area contributed by atoms with Gasteiger partial charge in [0.15, 0.2) is 0 Å². The Morgan fingerprint density at radius 3 is 2.23 bits per heavy atom. The summed E-state index contributed by atoms with van der Waals surface area (Å²) in [5.41, 5.74) is 0.262. The number of carbonyl (C=O) groups is 2. The molecule has 1 N–H and O–H groups in total. The summed E-state index contributed by atoms with van der Waals surface area (Å²) < 4.78 is 25.8. The third-order valence-electron chi connectivity index (χ3n) is 7.04. The SMILES string of the molecule is CCCCN1C(=O)[C@H](CC(C)C)NC(=O)C12CCN(Cc1ccc(S(=O)(=O)N(C)C)cc1)CC2.Cl. The number of hydrogen-bond donors (Lipinski definition) is 1. The highest BCUT2D eigenvalue weighted by molar-refractivity contribution is 7.89. The lowest BCUT2D eigenvalue weighted by atomic mass is 9.80. The molecule has 2 saturated heterocycles. The van der Waals surface area contributed by atoms with E-state index in [1.807, 2.05) is 17.0 Å². The first-order chi connectivity index (χ1) is 16.0. The number of piperazine rings is 1. The van der Waals surface area contributed by atoms with Crippen molar-refractivity contribution in [1.82, 2.24) is 19.4 Å². The molecule has 8 nitrogen and oxygen atoms in total. The lowest BCUT2D eigenvalue weighted by molar-refractivity contribution is -0.161. The molecule has 2 heterocycles. The Labute approximate surface area is 216 Å². The predicted octanol–water partition coefficient (Wildman–Crippen LogP) is 2.87. The van der Waals surface area contributed by atoms with Crippen LogP contribution in [0.3, 0.4) is 0 Å². The Morgan fingerprint density at radius 1 is 1.11 bits per heavy atom. The minimum Gasteiger partial charge on any atom is -0.342 e. The standard InChI is InChI=1S/C25H40N4O4S.ClH/c1-6-7-14-29-23(30)22(17-19(2)3)26-24(31)25(29)12-15-28(16-13-25)18-20-8-10-21(11-9-20)34(32,33)27(4)5;/h8-11,19,22H,6-7,12-18H2,1-5H3,(H,26,31);1H/t22-;/m0./s1. The maximum atomic E-state index is 13.4. The van der Waals surface area contributed by atoms with Gasteiger partial charge in [0.1, 0.15) is 11.6 Å². The summed E-state index contributed by atoms with van der Waals surface area (Å²) in [6.07, 6.45) is 3.74. The van der Waals surface area contributed by atoms with Crippen LogP contribution < -0.4 is 5.32 Å². The summed E-state index contributed by atoms with van der Waals surface area (Å²) >= 11 is 0. The second kappa shape index (κ2) is 12.0. The minimum absolute atomic E-state index is 0. The number of benzene rings is 1. The summed E-state index contributed by atoms with van der Waals surface area (Å²) in [4.78, 5) is 31.2. The summed E-state index contributed by atoms with van der Waals surface area (Å²) in [6.45, 7) is 8.95. The predicted molar refractivity (Wildman–Crippen MR) is 140 cm³/mol. The highest BCUT2D eigenvalue weighted by Crippen LogP contribution is 2.34. The molecule has 2 amide bonds. The van der Waals surface area contributed by atoms with Crippen LogP contribution in [-0.2, 0) is 26.2 Å². The van der Waals surface area contributed by atoms with Gasteiger partial charge in [-0.15, -0.1) is 12.4 Å². The average Bonchev–Trinajstić information content (AvgIpc) is 2.79. The third-order valence-corrected chi connectivity index (χ3v) is 8.87. The van der Waals surface area contributed by atoms with Crippen molar-refractivity contribution in [3.05, 3.63) is 29.8 Å². The van der Waals surface area contributed by atoms with Crippen molar-refractivity contribution < 1.29 is 18.0 Å². The van der Waals surface area contributed by atoms with E-state index in [-0.39, 0.29) is 29.1 Å². The van der Waals surface area contributed by atoms with Crippen LogP contribution in [0.15, 0.2) is 29.2 Å². The molecule has 0 bridgehead atoms. The second-order valence-electron chi connectivity index (χ2n) is 10.2. The quantitative estimate of drug-likeness (QED) is 0.532. The molecule has 1 spiro atoms. The van der Waals surface area contributed by atoms with Crippen LogP contribution in [0.2, 0.25) is 0 Å². The first-order valence-corrected chi connectivity index (χ1v) is 13.8. The molecule has 2 aliphatic rings. The van der Waals surface area contributed by atoms with Gasteiger partial charge in [-0.2, -0.15) is 0 Å². The number of halogens is 1. The maximum absolute atomic E-state index is 13.4. The van der Waals surface area contributed by atoms with Crippen LogP contribution in [0.25, 0.3) is 0 Å². The normalized spacial score (nSPS) is 20.9. The van der Waals surface area contributed by atoms with Gasteiger partial charge in [0, 0.05) is 40.3 Å². The zero-order valence-corrected chi connectivity index (χ0v) is 23.3. The molecule has 0 unspecified atom stereocenters. The van der Waals surface area contributed by atoms with Crippen molar-refractivity contribution in [3.8, 4) is 0 Å².